The quantitative estimate of drug-likeness (QED) is 0.798. The van der Waals surface area contributed by atoms with E-state index in [2.05, 4.69) is 17.1 Å². The Morgan fingerprint density at radius 3 is 2.52 bits per heavy atom. The van der Waals surface area contributed by atoms with Gasteiger partial charge in [0.05, 0.1) is 11.4 Å². The van der Waals surface area contributed by atoms with Gasteiger partial charge in [-0.15, -0.1) is 11.3 Å². The maximum atomic E-state index is 5.74. The van der Waals surface area contributed by atoms with Crippen LogP contribution in [0.2, 0.25) is 0 Å². The molecule has 106 valence electrons. The molecule has 3 aromatic rings. The van der Waals surface area contributed by atoms with Gasteiger partial charge < -0.3 is 5.73 Å². The predicted octanol–water partition coefficient (Wildman–Crippen LogP) is 3.68. The average molecular weight is 295 g/mol. The molecule has 0 fully saturated rings. The fraction of sp³-hybridized carbons (Fsp3) is 0.176. The first kappa shape index (κ1) is 13.9. The summed E-state index contributed by atoms with van der Waals surface area (Å²) in [7, 11) is 0. The topological polar surface area (TPSA) is 51.8 Å². The highest BCUT2D eigenvalue weighted by molar-refractivity contribution is 7.15. The molecule has 0 bridgehead atoms. The van der Waals surface area contributed by atoms with Gasteiger partial charge in [0.25, 0.3) is 0 Å². The Kier molecular flexibility index (Phi) is 4.08. The minimum atomic E-state index is 0.628. The number of benzene rings is 1. The number of thiazole rings is 1. The van der Waals surface area contributed by atoms with Crippen molar-refractivity contribution in [3.05, 3.63) is 59.1 Å². The summed E-state index contributed by atoms with van der Waals surface area (Å²) in [6, 6.07) is 16.3. The third-order valence-electron chi connectivity index (χ3n) is 3.22. The average Bonchev–Trinajstić information content (AvgIpc) is 2.93. The summed E-state index contributed by atoms with van der Waals surface area (Å²) in [6.07, 6.45) is 0.841. The third kappa shape index (κ3) is 3.01. The van der Waals surface area contributed by atoms with Crippen LogP contribution in [-0.4, -0.2) is 16.5 Å². The molecule has 0 aliphatic heterocycles. The number of pyridine rings is 1. The molecule has 1 aromatic carbocycles. The molecule has 21 heavy (non-hydrogen) atoms. The van der Waals surface area contributed by atoms with Gasteiger partial charge in [0.2, 0.25) is 0 Å². The van der Waals surface area contributed by atoms with Gasteiger partial charge in [-0.2, -0.15) is 0 Å². The van der Waals surface area contributed by atoms with Crippen molar-refractivity contribution in [1.29, 1.82) is 0 Å². The minimum Gasteiger partial charge on any atom is -0.330 e. The molecular weight excluding hydrogens is 278 g/mol. The van der Waals surface area contributed by atoms with Gasteiger partial charge in [-0.05, 0) is 32.0 Å². The van der Waals surface area contributed by atoms with E-state index < -0.39 is 0 Å². The van der Waals surface area contributed by atoms with E-state index in [0.29, 0.717) is 6.54 Å². The van der Waals surface area contributed by atoms with Gasteiger partial charge in [-0.1, -0.05) is 36.4 Å². The van der Waals surface area contributed by atoms with Gasteiger partial charge >= 0.3 is 0 Å². The number of rotatable bonds is 4. The van der Waals surface area contributed by atoms with E-state index in [1.165, 1.54) is 4.88 Å². The SMILES string of the molecule is Cc1cccc(-c2nc(-c3ccccc3)c(CCN)s2)n1. The van der Waals surface area contributed by atoms with Crippen LogP contribution < -0.4 is 5.73 Å². The monoisotopic (exact) mass is 295 g/mol. The molecule has 0 saturated carbocycles. The van der Waals surface area contributed by atoms with Crippen LogP contribution in [0.15, 0.2) is 48.5 Å². The van der Waals surface area contributed by atoms with E-state index in [-0.39, 0.29) is 0 Å². The van der Waals surface area contributed by atoms with Crippen molar-refractivity contribution in [3.8, 4) is 22.0 Å². The van der Waals surface area contributed by atoms with E-state index in [0.717, 1.165) is 34.1 Å². The molecule has 2 aromatic heterocycles. The molecule has 2 heterocycles. The van der Waals surface area contributed by atoms with E-state index in [1.807, 2.05) is 43.3 Å². The van der Waals surface area contributed by atoms with Crippen LogP contribution in [0.4, 0.5) is 0 Å². The number of hydrogen-bond donors (Lipinski definition) is 1. The van der Waals surface area contributed by atoms with Gasteiger partial charge in [0, 0.05) is 16.1 Å². The van der Waals surface area contributed by atoms with Crippen LogP contribution in [-0.2, 0) is 6.42 Å². The highest BCUT2D eigenvalue weighted by Gasteiger charge is 2.14. The smallest absolute Gasteiger partial charge is 0.142 e. The molecule has 0 unspecified atom stereocenters. The molecule has 4 heteroatoms. The summed E-state index contributed by atoms with van der Waals surface area (Å²) in [6.45, 7) is 2.62. The Morgan fingerprint density at radius 1 is 1.00 bits per heavy atom. The van der Waals surface area contributed by atoms with Crippen molar-refractivity contribution < 1.29 is 0 Å². The first-order chi connectivity index (χ1) is 10.3. The van der Waals surface area contributed by atoms with Crippen molar-refractivity contribution in [2.45, 2.75) is 13.3 Å². The van der Waals surface area contributed by atoms with Gasteiger partial charge in [-0.3, -0.25) is 4.98 Å². The number of nitrogens with zero attached hydrogens (tertiary/aromatic N) is 2. The minimum absolute atomic E-state index is 0.628. The fourth-order valence-corrected chi connectivity index (χ4v) is 3.31. The molecular formula is C17H17N3S. The summed E-state index contributed by atoms with van der Waals surface area (Å²) < 4.78 is 0. The lowest BCUT2D eigenvalue weighted by atomic mass is 10.1. The van der Waals surface area contributed by atoms with Gasteiger partial charge in [0.15, 0.2) is 0 Å². The van der Waals surface area contributed by atoms with Crippen molar-refractivity contribution in [3.63, 3.8) is 0 Å². The lowest BCUT2D eigenvalue weighted by molar-refractivity contribution is 0.986. The zero-order valence-electron chi connectivity index (χ0n) is 11.9. The zero-order valence-corrected chi connectivity index (χ0v) is 12.7. The van der Waals surface area contributed by atoms with Crippen LogP contribution in [0.25, 0.3) is 22.0 Å². The second-order valence-electron chi connectivity index (χ2n) is 4.86. The van der Waals surface area contributed by atoms with Crippen LogP contribution >= 0.6 is 11.3 Å². The van der Waals surface area contributed by atoms with E-state index in [9.17, 15) is 0 Å². The summed E-state index contributed by atoms with van der Waals surface area (Å²) in [5.74, 6) is 0. The van der Waals surface area contributed by atoms with Crippen molar-refractivity contribution in [1.82, 2.24) is 9.97 Å². The molecule has 2 N–H and O–H groups in total. The normalized spacial score (nSPS) is 10.8. The van der Waals surface area contributed by atoms with E-state index in [4.69, 9.17) is 10.7 Å². The molecule has 0 amide bonds. The maximum absolute atomic E-state index is 5.74. The van der Waals surface area contributed by atoms with Gasteiger partial charge in [-0.25, -0.2) is 4.98 Å². The highest BCUT2D eigenvalue weighted by atomic mass is 32.1. The Balaban J connectivity index is 2.08. The molecule has 3 rings (SSSR count). The van der Waals surface area contributed by atoms with Crippen LogP contribution in [0.5, 0.6) is 0 Å². The molecule has 0 saturated heterocycles. The molecule has 0 spiro atoms. The standard InChI is InChI=1S/C17H17N3S/c1-12-6-5-9-14(19-12)17-20-16(15(21-17)10-11-18)13-7-3-2-4-8-13/h2-9H,10-11,18H2,1H3. The van der Waals surface area contributed by atoms with Crippen LogP contribution in [0, 0.1) is 6.92 Å². The molecule has 0 aliphatic rings. The largest absolute Gasteiger partial charge is 0.330 e. The summed E-state index contributed by atoms with van der Waals surface area (Å²) >= 11 is 1.69. The molecule has 3 nitrogen and oxygen atoms in total. The first-order valence-electron chi connectivity index (χ1n) is 6.97. The Morgan fingerprint density at radius 2 is 1.81 bits per heavy atom. The maximum Gasteiger partial charge on any atom is 0.142 e. The number of nitrogens with two attached hydrogens (primary N) is 1. The van der Waals surface area contributed by atoms with Crippen LogP contribution in [0.1, 0.15) is 10.6 Å². The van der Waals surface area contributed by atoms with Crippen molar-refractivity contribution >= 4 is 11.3 Å². The summed E-state index contributed by atoms with van der Waals surface area (Å²) in [5, 5.41) is 0.959. The Labute approximate surface area is 128 Å². The lowest BCUT2D eigenvalue weighted by Crippen LogP contribution is -2.02. The lowest BCUT2D eigenvalue weighted by Gasteiger charge is -2.00. The first-order valence-corrected chi connectivity index (χ1v) is 7.79. The van der Waals surface area contributed by atoms with Crippen LogP contribution in [0.3, 0.4) is 0 Å². The van der Waals surface area contributed by atoms with Gasteiger partial charge in [0.1, 0.15) is 5.01 Å². The number of hydrogen-bond acceptors (Lipinski definition) is 4. The molecule has 0 atom stereocenters. The second kappa shape index (κ2) is 6.16. The zero-order chi connectivity index (χ0) is 14.7. The van der Waals surface area contributed by atoms with E-state index >= 15 is 0 Å². The summed E-state index contributed by atoms with van der Waals surface area (Å²) in [5.41, 5.74) is 9.84. The Bertz CT molecular complexity index is 735. The number of aryl methyl sites for hydroxylation is 1. The molecule has 0 aliphatic carbocycles. The van der Waals surface area contributed by atoms with E-state index in [1.54, 1.807) is 11.3 Å². The number of aromatic nitrogens is 2. The molecule has 0 radical (unpaired) electrons. The summed E-state index contributed by atoms with van der Waals surface area (Å²) in [4.78, 5) is 10.6. The predicted molar refractivity (Wildman–Crippen MR) is 88.3 cm³/mol. The van der Waals surface area contributed by atoms with Crippen molar-refractivity contribution in [2.24, 2.45) is 5.73 Å². The van der Waals surface area contributed by atoms with Crippen molar-refractivity contribution in [2.75, 3.05) is 6.54 Å². The Hall–Kier alpha value is -2.04. The fourth-order valence-electron chi connectivity index (χ4n) is 2.25. The highest BCUT2D eigenvalue weighted by Crippen LogP contribution is 2.33. The second-order valence-corrected chi connectivity index (χ2v) is 5.94. The third-order valence-corrected chi connectivity index (χ3v) is 4.36.